The number of allylic oxidation sites excluding steroid dienone is 1. The number of fused-ring (bicyclic) bond motifs is 1. The fourth-order valence-corrected chi connectivity index (χ4v) is 6.54. The number of nitrogens with one attached hydrogen (secondary N) is 1. The Morgan fingerprint density at radius 3 is 2.61 bits per heavy atom. The number of nitrogens with two attached hydrogens (primary N) is 2. The van der Waals surface area contributed by atoms with Gasteiger partial charge < -0.3 is 21.7 Å². The van der Waals surface area contributed by atoms with E-state index in [1.54, 1.807) is 18.5 Å². The Kier molecular flexibility index (Phi) is 7.93. The normalized spacial score (nSPS) is 21.5. The molecule has 5 rings (SSSR count). The molecule has 4 heterocycles. The van der Waals surface area contributed by atoms with Crippen LogP contribution in [0.5, 0.6) is 0 Å². The zero-order chi connectivity index (χ0) is 29.5. The molecule has 218 valence electrons. The van der Waals surface area contributed by atoms with Gasteiger partial charge in [0.2, 0.25) is 0 Å². The van der Waals surface area contributed by atoms with Gasteiger partial charge in [0.25, 0.3) is 6.43 Å². The summed E-state index contributed by atoms with van der Waals surface area (Å²) in [7, 11) is -3.12. The van der Waals surface area contributed by atoms with Gasteiger partial charge in [0, 0.05) is 54.1 Å². The monoisotopic (exact) mass is 584 g/mol. The number of sulfone groups is 1. The molecule has 1 fully saturated rings. The molecule has 13 heteroatoms. The number of aliphatic imine (C=N–C) groups is 1. The van der Waals surface area contributed by atoms with Crippen LogP contribution in [0.15, 0.2) is 47.9 Å². The second-order valence-corrected chi connectivity index (χ2v) is 13.1. The van der Waals surface area contributed by atoms with E-state index in [-0.39, 0.29) is 29.8 Å². The molecule has 0 amide bonds. The van der Waals surface area contributed by atoms with E-state index in [4.69, 9.17) is 11.5 Å². The molecule has 1 saturated heterocycles. The minimum Gasteiger partial charge on any atom is -0.404 e. The van der Waals surface area contributed by atoms with Crippen LogP contribution in [0, 0.1) is 5.92 Å². The van der Waals surface area contributed by atoms with E-state index in [0.717, 1.165) is 22.0 Å². The molecule has 0 unspecified atom stereocenters. The van der Waals surface area contributed by atoms with Crippen molar-refractivity contribution in [3.63, 3.8) is 0 Å². The first-order chi connectivity index (χ1) is 19.4. The maximum atomic E-state index is 13.1. The molecule has 0 spiro atoms. The van der Waals surface area contributed by atoms with Gasteiger partial charge in [0.1, 0.15) is 27.5 Å². The maximum absolute atomic E-state index is 13.1. The molecule has 0 saturated carbocycles. The number of rotatable bonds is 9. The molecule has 3 atom stereocenters. The maximum Gasteiger partial charge on any atom is 0.260 e. The lowest BCUT2D eigenvalue weighted by Gasteiger charge is -2.47. The van der Waals surface area contributed by atoms with Crippen molar-refractivity contribution < 1.29 is 17.2 Å². The molecule has 3 aromatic rings. The quantitative estimate of drug-likeness (QED) is 0.341. The molecule has 0 bridgehead atoms. The van der Waals surface area contributed by atoms with Crippen LogP contribution >= 0.6 is 0 Å². The average Bonchev–Trinajstić information content (AvgIpc) is 3.40. The number of aromatic nitrogens is 3. The Balaban J connectivity index is 1.43. The zero-order valence-corrected chi connectivity index (χ0v) is 23.9. The third kappa shape index (κ3) is 6.01. The minimum atomic E-state index is -3.12. The predicted octanol–water partition coefficient (Wildman–Crippen LogP) is 3.83. The molecule has 0 radical (unpaired) electrons. The summed E-state index contributed by atoms with van der Waals surface area (Å²) in [4.78, 5) is 19.6. The molecule has 41 heavy (non-hydrogen) atoms. The van der Waals surface area contributed by atoms with E-state index in [1.165, 1.54) is 12.5 Å². The predicted molar refractivity (Wildman–Crippen MR) is 158 cm³/mol. The summed E-state index contributed by atoms with van der Waals surface area (Å²) in [6.07, 6.45) is 3.57. The van der Waals surface area contributed by atoms with Gasteiger partial charge in [-0.25, -0.2) is 32.2 Å². The van der Waals surface area contributed by atoms with Crippen molar-refractivity contribution in [2.75, 3.05) is 28.8 Å². The first-order valence-corrected chi connectivity index (χ1v) is 15.5. The summed E-state index contributed by atoms with van der Waals surface area (Å²) in [5.74, 6) is 1.46. The third-order valence-electron chi connectivity index (χ3n) is 7.55. The van der Waals surface area contributed by atoms with Gasteiger partial charge in [-0.05, 0) is 47.9 Å². The van der Waals surface area contributed by atoms with Crippen LogP contribution in [0.25, 0.3) is 16.3 Å². The summed E-state index contributed by atoms with van der Waals surface area (Å²) >= 11 is 0. The molecule has 1 aromatic carbocycles. The topological polar surface area (TPSA) is 152 Å². The molecular weight excluding hydrogens is 550 g/mol. The van der Waals surface area contributed by atoms with Crippen molar-refractivity contribution in [1.29, 1.82) is 0 Å². The van der Waals surface area contributed by atoms with Crippen LogP contribution in [-0.2, 0) is 9.84 Å². The second kappa shape index (κ2) is 11.3. The number of hydrogen-bond acceptors (Lipinski definition) is 10. The number of halogens is 2. The summed E-state index contributed by atoms with van der Waals surface area (Å²) in [6.45, 7) is 4.77. The molecule has 10 nitrogen and oxygen atoms in total. The van der Waals surface area contributed by atoms with Crippen molar-refractivity contribution in [1.82, 2.24) is 15.0 Å². The van der Waals surface area contributed by atoms with Gasteiger partial charge in [0.15, 0.2) is 5.82 Å². The van der Waals surface area contributed by atoms with Crippen molar-refractivity contribution in [3.05, 3.63) is 54.2 Å². The Bertz CT molecular complexity index is 1630. The van der Waals surface area contributed by atoms with Gasteiger partial charge in [-0.15, -0.1) is 0 Å². The smallest absolute Gasteiger partial charge is 0.260 e. The van der Waals surface area contributed by atoms with Crippen molar-refractivity contribution in [2.24, 2.45) is 22.4 Å². The number of nitrogens with zero attached hydrogens (tertiary/aromatic N) is 5. The van der Waals surface area contributed by atoms with Gasteiger partial charge in [-0.2, -0.15) is 0 Å². The highest BCUT2D eigenvalue weighted by atomic mass is 32.2. The Labute approximate surface area is 237 Å². The van der Waals surface area contributed by atoms with Crippen molar-refractivity contribution >= 4 is 49.2 Å². The van der Waals surface area contributed by atoms with Gasteiger partial charge in [-0.3, -0.25) is 4.99 Å². The van der Waals surface area contributed by atoms with Crippen molar-refractivity contribution in [3.8, 4) is 0 Å². The van der Waals surface area contributed by atoms with Crippen LogP contribution < -0.4 is 21.7 Å². The SMILES string of the molecule is CC(C)c1ccc(N2C[C@H](CS(C)(=O)=O)[C@H]2N)c2cnc(Nc3ccnc(C(=CN)C4=N[C@@H](C(F)F)CC4)n3)cc12. The fourth-order valence-electron chi connectivity index (χ4n) is 5.46. The largest absolute Gasteiger partial charge is 0.404 e. The summed E-state index contributed by atoms with van der Waals surface area (Å²) in [6, 6.07) is 6.68. The number of benzene rings is 1. The lowest BCUT2D eigenvalue weighted by atomic mass is 9.92. The van der Waals surface area contributed by atoms with Crippen LogP contribution in [0.2, 0.25) is 0 Å². The lowest BCUT2D eigenvalue weighted by Crippen LogP contribution is -2.63. The molecule has 2 aromatic heterocycles. The van der Waals surface area contributed by atoms with Gasteiger partial charge in [0.05, 0.1) is 17.5 Å². The highest BCUT2D eigenvalue weighted by molar-refractivity contribution is 7.90. The molecule has 5 N–H and O–H groups in total. The lowest BCUT2D eigenvalue weighted by molar-refractivity contribution is 0.117. The third-order valence-corrected chi connectivity index (χ3v) is 8.59. The van der Waals surface area contributed by atoms with Gasteiger partial charge in [-0.1, -0.05) is 19.9 Å². The number of hydrogen-bond donors (Lipinski definition) is 3. The minimum absolute atomic E-state index is 0.0567. The van der Waals surface area contributed by atoms with E-state index in [2.05, 4.69) is 45.2 Å². The molecule has 2 aliphatic heterocycles. The van der Waals surface area contributed by atoms with Crippen LogP contribution in [0.3, 0.4) is 0 Å². The van der Waals surface area contributed by atoms with Gasteiger partial charge >= 0.3 is 0 Å². The fraction of sp³-hybridized carbons (Fsp3) is 0.429. The van der Waals surface area contributed by atoms with E-state index >= 15 is 0 Å². The molecule has 2 aliphatic rings. The number of pyridine rings is 1. The Morgan fingerprint density at radius 1 is 1.20 bits per heavy atom. The van der Waals surface area contributed by atoms with Crippen molar-refractivity contribution in [2.45, 2.75) is 51.2 Å². The highest BCUT2D eigenvalue weighted by Gasteiger charge is 2.39. The second-order valence-electron chi connectivity index (χ2n) is 10.9. The molecule has 0 aliphatic carbocycles. The van der Waals surface area contributed by atoms with E-state index < -0.39 is 28.5 Å². The van der Waals surface area contributed by atoms with E-state index in [0.29, 0.717) is 35.9 Å². The average molecular weight is 585 g/mol. The Hall–Kier alpha value is -3.71. The summed E-state index contributed by atoms with van der Waals surface area (Å²) in [5, 5.41) is 5.13. The number of anilines is 3. The highest BCUT2D eigenvalue weighted by Crippen LogP contribution is 2.38. The summed E-state index contributed by atoms with van der Waals surface area (Å²) < 4.78 is 49.8. The van der Waals surface area contributed by atoms with E-state index in [1.807, 2.05) is 17.0 Å². The zero-order valence-electron chi connectivity index (χ0n) is 23.1. The first kappa shape index (κ1) is 28.8. The summed E-state index contributed by atoms with van der Waals surface area (Å²) in [5.41, 5.74) is 15.2. The number of alkyl halides is 2. The molecular formula is C28H34F2N8O2S. The van der Waals surface area contributed by atoms with E-state index in [9.17, 15) is 17.2 Å². The van der Waals surface area contributed by atoms with Crippen LogP contribution in [0.4, 0.5) is 26.1 Å². The van der Waals surface area contributed by atoms with Crippen LogP contribution in [0.1, 0.15) is 44.0 Å². The first-order valence-electron chi connectivity index (χ1n) is 13.4. The Morgan fingerprint density at radius 2 is 1.98 bits per heavy atom. The standard InChI is InChI=1S/C28H34F2N8O2S/c1-15(2)17-4-7-23(38-13-16(27(38)32)14-41(3,39)40)20-12-34-25(10-18(17)20)36-24-8-9-33-28(37-24)19(11-31)21-5-6-22(35-21)26(29)30/h4,7-12,15-16,22,26-27H,5-6,13-14,31-32H2,1-3H3,(H,33,34,36,37)/t16-,22-,27+/m1/s1. The van der Waals surface area contributed by atoms with Crippen LogP contribution in [-0.4, -0.2) is 66.3 Å².